The van der Waals surface area contributed by atoms with E-state index in [1.54, 1.807) is 0 Å². The summed E-state index contributed by atoms with van der Waals surface area (Å²) in [7, 11) is 0. The van der Waals surface area contributed by atoms with E-state index in [4.69, 9.17) is 14.2 Å². The van der Waals surface area contributed by atoms with Gasteiger partial charge in [0.05, 0.1) is 0 Å². The summed E-state index contributed by atoms with van der Waals surface area (Å²) >= 11 is 0. The highest BCUT2D eigenvalue weighted by atomic mass is 16.7. The van der Waals surface area contributed by atoms with Crippen LogP contribution in [0.1, 0.15) is 52.2 Å². The van der Waals surface area contributed by atoms with E-state index in [2.05, 4.69) is 10.6 Å². The van der Waals surface area contributed by atoms with Crippen LogP contribution in [0.25, 0.3) is 0 Å². The number of amides is 3. The van der Waals surface area contributed by atoms with Crippen LogP contribution in [0.4, 0.5) is 4.79 Å². The summed E-state index contributed by atoms with van der Waals surface area (Å²) in [5, 5.41) is 5.54. The SMILES string of the molecule is CCC(C)C(NC(=O)OCc1ccccc1)C(=O)NC(C(=O)N1COC(OC(C)=O)C1Cc1ccccc1)C(C)C. The van der Waals surface area contributed by atoms with E-state index < -0.39 is 42.4 Å². The number of benzene rings is 2. The van der Waals surface area contributed by atoms with Crippen molar-refractivity contribution in [3.05, 3.63) is 71.8 Å². The Morgan fingerprint density at radius 2 is 1.54 bits per heavy atom. The minimum atomic E-state index is -0.936. The van der Waals surface area contributed by atoms with Crippen LogP contribution in [-0.4, -0.2) is 59.9 Å². The Morgan fingerprint density at radius 3 is 2.10 bits per heavy atom. The number of rotatable bonds is 12. The zero-order valence-electron chi connectivity index (χ0n) is 24.4. The lowest BCUT2D eigenvalue weighted by Gasteiger charge is -2.32. The molecule has 5 atom stereocenters. The van der Waals surface area contributed by atoms with Crippen molar-refractivity contribution < 1.29 is 33.4 Å². The maximum atomic E-state index is 13.9. The molecule has 1 aliphatic heterocycles. The second kappa shape index (κ2) is 15.2. The van der Waals surface area contributed by atoms with Crippen molar-refractivity contribution in [2.45, 2.75) is 78.5 Å². The summed E-state index contributed by atoms with van der Waals surface area (Å²) in [4.78, 5) is 53.2. The van der Waals surface area contributed by atoms with Crippen LogP contribution in [0, 0.1) is 11.8 Å². The van der Waals surface area contributed by atoms with Gasteiger partial charge in [-0.3, -0.25) is 14.4 Å². The molecule has 222 valence electrons. The van der Waals surface area contributed by atoms with Crippen molar-refractivity contribution >= 4 is 23.9 Å². The monoisotopic (exact) mass is 567 g/mol. The molecular weight excluding hydrogens is 526 g/mol. The number of nitrogens with one attached hydrogen (secondary N) is 2. The second-order valence-corrected chi connectivity index (χ2v) is 10.6. The Bertz CT molecular complexity index is 1160. The van der Waals surface area contributed by atoms with Gasteiger partial charge >= 0.3 is 12.1 Å². The number of ether oxygens (including phenoxy) is 3. The van der Waals surface area contributed by atoms with Crippen LogP contribution in [0.3, 0.4) is 0 Å². The van der Waals surface area contributed by atoms with Gasteiger partial charge in [0, 0.05) is 6.92 Å². The molecular formula is C31H41N3O7. The molecule has 10 heteroatoms. The second-order valence-electron chi connectivity index (χ2n) is 10.6. The summed E-state index contributed by atoms with van der Waals surface area (Å²) < 4.78 is 16.4. The van der Waals surface area contributed by atoms with Gasteiger partial charge in [0.1, 0.15) is 31.5 Å². The molecule has 0 saturated carbocycles. The molecule has 0 aliphatic carbocycles. The number of hydrogen-bond donors (Lipinski definition) is 2. The molecule has 3 amide bonds. The average Bonchev–Trinajstić information content (AvgIpc) is 3.34. The van der Waals surface area contributed by atoms with Gasteiger partial charge in [0.25, 0.3) is 0 Å². The predicted octanol–water partition coefficient (Wildman–Crippen LogP) is 3.79. The van der Waals surface area contributed by atoms with Gasteiger partial charge in [-0.15, -0.1) is 0 Å². The third-order valence-electron chi connectivity index (χ3n) is 7.16. The Morgan fingerprint density at radius 1 is 0.927 bits per heavy atom. The molecule has 0 spiro atoms. The molecule has 41 heavy (non-hydrogen) atoms. The quantitative estimate of drug-likeness (QED) is 0.374. The number of esters is 1. The van der Waals surface area contributed by atoms with Gasteiger partial charge in [-0.25, -0.2) is 4.79 Å². The van der Waals surface area contributed by atoms with E-state index in [1.165, 1.54) is 11.8 Å². The molecule has 1 saturated heterocycles. The fraction of sp³-hybridized carbons (Fsp3) is 0.484. The Labute approximate surface area is 241 Å². The van der Waals surface area contributed by atoms with Crippen molar-refractivity contribution in [2.24, 2.45) is 11.8 Å². The Balaban J connectivity index is 1.73. The summed E-state index contributed by atoms with van der Waals surface area (Å²) in [6, 6.07) is 16.4. The third-order valence-corrected chi connectivity index (χ3v) is 7.16. The van der Waals surface area contributed by atoms with Crippen molar-refractivity contribution in [3.63, 3.8) is 0 Å². The molecule has 2 N–H and O–H groups in total. The lowest BCUT2D eigenvalue weighted by molar-refractivity contribution is -0.169. The highest BCUT2D eigenvalue weighted by molar-refractivity contribution is 5.91. The average molecular weight is 568 g/mol. The Kier molecular flexibility index (Phi) is 11.7. The van der Waals surface area contributed by atoms with E-state index in [9.17, 15) is 19.2 Å². The molecule has 10 nitrogen and oxygen atoms in total. The summed E-state index contributed by atoms with van der Waals surface area (Å²) in [5.41, 5.74) is 1.76. The zero-order valence-corrected chi connectivity index (χ0v) is 24.4. The molecule has 2 aromatic rings. The number of carbonyl (C=O) groups is 4. The first kappa shape index (κ1) is 31.6. The van der Waals surface area contributed by atoms with Gasteiger partial charge in [-0.1, -0.05) is 94.8 Å². The maximum absolute atomic E-state index is 13.9. The lowest BCUT2D eigenvalue weighted by Crippen LogP contribution is -2.58. The van der Waals surface area contributed by atoms with Gasteiger partial charge in [0.15, 0.2) is 0 Å². The van der Waals surface area contributed by atoms with Crippen LogP contribution < -0.4 is 10.6 Å². The van der Waals surface area contributed by atoms with E-state index in [-0.39, 0.29) is 31.1 Å². The third kappa shape index (κ3) is 9.04. The first-order valence-corrected chi connectivity index (χ1v) is 14.0. The van der Waals surface area contributed by atoms with Gasteiger partial charge in [-0.05, 0) is 29.4 Å². The van der Waals surface area contributed by atoms with Crippen LogP contribution in [0.5, 0.6) is 0 Å². The van der Waals surface area contributed by atoms with Crippen LogP contribution in [0.15, 0.2) is 60.7 Å². The number of hydrogen-bond acceptors (Lipinski definition) is 7. The highest BCUT2D eigenvalue weighted by Crippen LogP contribution is 2.25. The lowest BCUT2D eigenvalue weighted by atomic mass is 9.96. The fourth-order valence-corrected chi connectivity index (χ4v) is 4.60. The first-order valence-electron chi connectivity index (χ1n) is 14.0. The summed E-state index contributed by atoms with van der Waals surface area (Å²) in [6.45, 7) is 8.68. The van der Waals surface area contributed by atoms with Crippen molar-refractivity contribution in [3.8, 4) is 0 Å². The summed E-state index contributed by atoms with van der Waals surface area (Å²) in [6.07, 6.45) is -0.649. The molecule has 1 aliphatic rings. The minimum absolute atomic E-state index is 0.0654. The number of carbonyl (C=O) groups excluding carboxylic acids is 4. The maximum Gasteiger partial charge on any atom is 0.408 e. The molecule has 0 radical (unpaired) electrons. The number of alkyl carbamates (subject to hydrolysis) is 1. The van der Waals surface area contributed by atoms with Gasteiger partial charge in [0.2, 0.25) is 18.1 Å². The van der Waals surface area contributed by atoms with Crippen LogP contribution in [-0.2, 0) is 41.6 Å². The van der Waals surface area contributed by atoms with E-state index in [0.717, 1.165) is 11.1 Å². The molecule has 1 fully saturated rings. The number of nitrogens with zero attached hydrogens (tertiary/aromatic N) is 1. The highest BCUT2D eigenvalue weighted by Gasteiger charge is 2.43. The predicted molar refractivity (Wildman–Crippen MR) is 152 cm³/mol. The molecule has 1 heterocycles. The molecule has 2 aromatic carbocycles. The molecule has 0 aromatic heterocycles. The molecule has 3 rings (SSSR count). The topological polar surface area (TPSA) is 123 Å². The van der Waals surface area contributed by atoms with Gasteiger partial charge in [-0.2, -0.15) is 0 Å². The van der Waals surface area contributed by atoms with Gasteiger partial charge < -0.3 is 29.7 Å². The smallest absolute Gasteiger partial charge is 0.408 e. The summed E-state index contributed by atoms with van der Waals surface area (Å²) in [5.74, 6) is -1.87. The fourth-order valence-electron chi connectivity index (χ4n) is 4.60. The largest absolute Gasteiger partial charge is 0.445 e. The van der Waals surface area contributed by atoms with E-state index in [1.807, 2.05) is 88.4 Å². The standard InChI is InChI=1S/C31H41N3O7/c1-6-21(4)27(33-31(38)39-18-24-15-11-8-12-16-24)28(36)32-26(20(2)3)29(37)34-19-40-30(41-22(5)35)25(34)17-23-13-9-7-10-14-23/h7-16,20-21,25-27,30H,6,17-19H2,1-5H3,(H,32,36)(H,33,38). The van der Waals surface area contributed by atoms with E-state index >= 15 is 0 Å². The first-order chi connectivity index (χ1) is 19.6. The minimum Gasteiger partial charge on any atom is -0.445 e. The van der Waals surface area contributed by atoms with Crippen LogP contribution >= 0.6 is 0 Å². The zero-order chi connectivity index (χ0) is 29.9. The normalized spacial score (nSPS) is 18.7. The van der Waals surface area contributed by atoms with Crippen LogP contribution in [0.2, 0.25) is 0 Å². The van der Waals surface area contributed by atoms with Crippen molar-refractivity contribution in [1.82, 2.24) is 15.5 Å². The van der Waals surface area contributed by atoms with Crippen molar-refractivity contribution in [2.75, 3.05) is 6.73 Å². The molecule has 5 unspecified atom stereocenters. The van der Waals surface area contributed by atoms with E-state index in [0.29, 0.717) is 12.8 Å². The molecule has 0 bridgehead atoms. The Hall–Kier alpha value is -3.92. The van der Waals surface area contributed by atoms with Crippen molar-refractivity contribution in [1.29, 1.82) is 0 Å².